The zero-order valence-corrected chi connectivity index (χ0v) is 11.3. The molecule has 0 spiro atoms. The highest BCUT2D eigenvalue weighted by Gasteiger charge is 2.05. The first-order valence-corrected chi connectivity index (χ1v) is 6.33. The van der Waals surface area contributed by atoms with Gasteiger partial charge in [0, 0.05) is 12.6 Å². The standard InChI is InChI=1S/C14H22N2O2/c1-4-11(2)16-14(17)15-10-9-12-7-5-6-8-13(12)18-3/h5-8,11H,4,9-10H2,1-3H3,(H2,15,16,17)/t11-/m1/s1. The van der Waals surface area contributed by atoms with Crippen LogP contribution in [0.4, 0.5) is 4.79 Å². The maximum atomic E-state index is 11.5. The van der Waals surface area contributed by atoms with Gasteiger partial charge in [-0.25, -0.2) is 4.79 Å². The number of amides is 2. The Hall–Kier alpha value is -1.71. The number of rotatable bonds is 6. The van der Waals surface area contributed by atoms with Gasteiger partial charge in [0.25, 0.3) is 0 Å². The van der Waals surface area contributed by atoms with Crippen LogP contribution in [0, 0.1) is 0 Å². The summed E-state index contributed by atoms with van der Waals surface area (Å²) in [6.45, 7) is 4.63. The lowest BCUT2D eigenvalue weighted by molar-refractivity contribution is 0.237. The highest BCUT2D eigenvalue weighted by molar-refractivity contribution is 5.74. The van der Waals surface area contributed by atoms with E-state index in [0.29, 0.717) is 6.54 Å². The molecule has 0 saturated carbocycles. The molecule has 1 aromatic rings. The van der Waals surface area contributed by atoms with E-state index in [1.165, 1.54) is 0 Å². The van der Waals surface area contributed by atoms with Crippen molar-refractivity contribution in [2.75, 3.05) is 13.7 Å². The van der Waals surface area contributed by atoms with Crippen molar-refractivity contribution in [3.63, 3.8) is 0 Å². The van der Waals surface area contributed by atoms with Gasteiger partial charge in [-0.1, -0.05) is 25.1 Å². The van der Waals surface area contributed by atoms with Crippen LogP contribution in [0.3, 0.4) is 0 Å². The number of carbonyl (C=O) groups is 1. The molecule has 1 atom stereocenters. The molecule has 0 aromatic heterocycles. The molecule has 4 heteroatoms. The molecule has 0 bridgehead atoms. The Bertz CT molecular complexity index is 380. The van der Waals surface area contributed by atoms with E-state index in [-0.39, 0.29) is 12.1 Å². The summed E-state index contributed by atoms with van der Waals surface area (Å²) in [5, 5.41) is 5.71. The number of nitrogens with one attached hydrogen (secondary N) is 2. The molecule has 0 aliphatic heterocycles. The van der Waals surface area contributed by atoms with E-state index in [2.05, 4.69) is 10.6 Å². The van der Waals surface area contributed by atoms with Crippen molar-refractivity contribution in [2.45, 2.75) is 32.7 Å². The topological polar surface area (TPSA) is 50.4 Å². The maximum Gasteiger partial charge on any atom is 0.315 e. The maximum absolute atomic E-state index is 11.5. The van der Waals surface area contributed by atoms with Crippen molar-refractivity contribution in [1.82, 2.24) is 10.6 Å². The Morgan fingerprint density at radius 2 is 2.11 bits per heavy atom. The molecule has 2 amide bonds. The van der Waals surface area contributed by atoms with Crippen LogP contribution in [-0.2, 0) is 6.42 Å². The van der Waals surface area contributed by atoms with Crippen molar-refractivity contribution >= 4 is 6.03 Å². The van der Waals surface area contributed by atoms with Crippen molar-refractivity contribution in [3.05, 3.63) is 29.8 Å². The highest BCUT2D eigenvalue weighted by atomic mass is 16.5. The number of hydrogen-bond donors (Lipinski definition) is 2. The predicted octanol–water partition coefficient (Wildman–Crippen LogP) is 2.34. The first-order chi connectivity index (χ1) is 8.67. The molecule has 2 N–H and O–H groups in total. The predicted molar refractivity (Wildman–Crippen MR) is 73.0 cm³/mol. The van der Waals surface area contributed by atoms with Crippen molar-refractivity contribution < 1.29 is 9.53 Å². The average Bonchev–Trinajstić information content (AvgIpc) is 2.39. The average molecular weight is 250 g/mol. The number of methoxy groups -OCH3 is 1. The number of ether oxygens (including phenoxy) is 1. The van der Waals surface area contributed by atoms with Gasteiger partial charge in [0.15, 0.2) is 0 Å². The number of carbonyl (C=O) groups excluding carboxylic acids is 1. The molecule has 0 aliphatic rings. The summed E-state index contributed by atoms with van der Waals surface area (Å²) >= 11 is 0. The van der Waals surface area contributed by atoms with Crippen LogP contribution in [0.25, 0.3) is 0 Å². The van der Waals surface area contributed by atoms with Gasteiger partial charge in [0.05, 0.1) is 7.11 Å². The Morgan fingerprint density at radius 3 is 2.78 bits per heavy atom. The van der Waals surface area contributed by atoms with Gasteiger partial charge in [-0.15, -0.1) is 0 Å². The third-order valence-corrected chi connectivity index (χ3v) is 2.86. The second-order valence-electron chi connectivity index (χ2n) is 4.27. The third kappa shape index (κ3) is 4.65. The fraction of sp³-hybridized carbons (Fsp3) is 0.500. The summed E-state index contributed by atoms with van der Waals surface area (Å²) < 4.78 is 5.26. The van der Waals surface area contributed by atoms with Gasteiger partial charge in [-0.3, -0.25) is 0 Å². The molecule has 0 unspecified atom stereocenters. The molecule has 0 fully saturated rings. The molecule has 0 aliphatic carbocycles. The van der Waals surface area contributed by atoms with Gasteiger partial charge in [0.2, 0.25) is 0 Å². The Morgan fingerprint density at radius 1 is 1.39 bits per heavy atom. The zero-order valence-electron chi connectivity index (χ0n) is 11.3. The summed E-state index contributed by atoms with van der Waals surface area (Å²) in [4.78, 5) is 11.5. The van der Waals surface area contributed by atoms with Crippen LogP contribution in [0.15, 0.2) is 24.3 Å². The van der Waals surface area contributed by atoms with E-state index >= 15 is 0 Å². The summed E-state index contributed by atoms with van der Waals surface area (Å²) in [5.74, 6) is 0.863. The fourth-order valence-corrected chi connectivity index (χ4v) is 1.60. The molecule has 0 radical (unpaired) electrons. The Balaban J connectivity index is 2.35. The summed E-state index contributed by atoms with van der Waals surface area (Å²) in [5.41, 5.74) is 1.10. The minimum Gasteiger partial charge on any atom is -0.496 e. The van der Waals surface area contributed by atoms with Gasteiger partial charge in [0.1, 0.15) is 5.75 Å². The van der Waals surface area contributed by atoms with Gasteiger partial charge in [-0.2, -0.15) is 0 Å². The Kier molecular flexibility index (Phi) is 6.05. The lowest BCUT2D eigenvalue weighted by Crippen LogP contribution is -2.41. The molecular formula is C14H22N2O2. The number of para-hydroxylation sites is 1. The summed E-state index contributed by atoms with van der Waals surface area (Å²) in [6.07, 6.45) is 1.69. The van der Waals surface area contributed by atoms with E-state index in [1.807, 2.05) is 38.1 Å². The quantitative estimate of drug-likeness (QED) is 0.814. The van der Waals surface area contributed by atoms with Crippen LogP contribution in [0.1, 0.15) is 25.8 Å². The minimum atomic E-state index is -0.112. The Labute approximate surface area is 109 Å². The first kappa shape index (κ1) is 14.4. The summed E-state index contributed by atoms with van der Waals surface area (Å²) in [6, 6.07) is 7.93. The number of urea groups is 1. The number of benzene rings is 1. The SMILES string of the molecule is CC[C@@H](C)NC(=O)NCCc1ccccc1OC. The van der Waals surface area contributed by atoms with Crippen molar-refractivity contribution in [3.8, 4) is 5.75 Å². The minimum absolute atomic E-state index is 0.112. The van der Waals surface area contributed by atoms with E-state index < -0.39 is 0 Å². The zero-order chi connectivity index (χ0) is 13.4. The smallest absolute Gasteiger partial charge is 0.315 e. The molecule has 4 nitrogen and oxygen atoms in total. The van der Waals surface area contributed by atoms with Gasteiger partial charge < -0.3 is 15.4 Å². The largest absolute Gasteiger partial charge is 0.496 e. The van der Waals surface area contributed by atoms with Crippen LogP contribution >= 0.6 is 0 Å². The molecule has 1 rings (SSSR count). The van der Waals surface area contributed by atoms with E-state index in [9.17, 15) is 4.79 Å². The van der Waals surface area contributed by atoms with Crippen LogP contribution in [0.5, 0.6) is 5.75 Å². The number of hydrogen-bond acceptors (Lipinski definition) is 2. The van der Waals surface area contributed by atoms with Crippen molar-refractivity contribution in [2.24, 2.45) is 0 Å². The lowest BCUT2D eigenvalue weighted by atomic mass is 10.1. The van der Waals surface area contributed by atoms with Crippen LogP contribution < -0.4 is 15.4 Å². The van der Waals surface area contributed by atoms with Gasteiger partial charge >= 0.3 is 6.03 Å². The second kappa shape index (κ2) is 7.58. The second-order valence-corrected chi connectivity index (χ2v) is 4.27. The monoisotopic (exact) mass is 250 g/mol. The molecular weight excluding hydrogens is 228 g/mol. The van der Waals surface area contributed by atoms with E-state index in [4.69, 9.17) is 4.74 Å². The van der Waals surface area contributed by atoms with Crippen LogP contribution in [-0.4, -0.2) is 25.7 Å². The van der Waals surface area contributed by atoms with Crippen molar-refractivity contribution in [1.29, 1.82) is 0 Å². The molecule has 1 aromatic carbocycles. The lowest BCUT2D eigenvalue weighted by Gasteiger charge is -2.13. The third-order valence-electron chi connectivity index (χ3n) is 2.86. The van der Waals surface area contributed by atoms with Gasteiger partial charge in [-0.05, 0) is 31.4 Å². The molecule has 18 heavy (non-hydrogen) atoms. The van der Waals surface area contributed by atoms with Crippen LogP contribution in [0.2, 0.25) is 0 Å². The summed E-state index contributed by atoms with van der Waals surface area (Å²) in [7, 11) is 1.65. The van der Waals surface area contributed by atoms with E-state index in [0.717, 1.165) is 24.2 Å². The first-order valence-electron chi connectivity index (χ1n) is 6.33. The molecule has 0 saturated heterocycles. The normalized spacial score (nSPS) is 11.7. The highest BCUT2D eigenvalue weighted by Crippen LogP contribution is 2.17. The fourth-order valence-electron chi connectivity index (χ4n) is 1.60. The molecule has 100 valence electrons. The molecule has 0 heterocycles. The van der Waals surface area contributed by atoms with E-state index in [1.54, 1.807) is 7.11 Å².